The molecule has 0 fully saturated rings. The molecule has 2 aromatic heterocycles. The second-order valence-corrected chi connectivity index (χ2v) is 8.12. The third-order valence-electron chi connectivity index (χ3n) is 3.44. The van der Waals surface area contributed by atoms with Gasteiger partial charge in [-0.2, -0.15) is 5.26 Å². The van der Waals surface area contributed by atoms with E-state index in [9.17, 15) is 8.42 Å². The van der Waals surface area contributed by atoms with Crippen molar-refractivity contribution in [1.29, 1.82) is 5.26 Å². The Labute approximate surface area is 149 Å². The number of nitrogens with one attached hydrogen (secondary N) is 1. The largest absolute Gasteiger partial charge is 0.420 e. The number of nitriles is 1. The van der Waals surface area contributed by atoms with Gasteiger partial charge in [0.15, 0.2) is 0 Å². The molecule has 0 unspecified atom stereocenters. The van der Waals surface area contributed by atoms with Crippen LogP contribution in [0.3, 0.4) is 0 Å². The molecule has 3 aromatic rings. The average molecular weight is 374 g/mol. The zero-order valence-electron chi connectivity index (χ0n) is 13.5. The fourth-order valence-electron chi connectivity index (χ4n) is 2.10. The van der Waals surface area contributed by atoms with Crippen LogP contribution in [0.25, 0.3) is 10.8 Å². The zero-order chi connectivity index (χ0) is 18.0. The Morgan fingerprint density at radius 3 is 2.60 bits per heavy atom. The first-order valence-corrected chi connectivity index (χ1v) is 9.69. The monoisotopic (exact) mass is 374 g/mol. The smallest absolute Gasteiger partial charge is 0.261 e. The van der Waals surface area contributed by atoms with Crippen molar-refractivity contribution in [3.05, 3.63) is 46.7 Å². The van der Waals surface area contributed by atoms with Crippen LogP contribution in [0.5, 0.6) is 0 Å². The van der Waals surface area contributed by atoms with E-state index in [1.807, 2.05) is 19.9 Å². The predicted molar refractivity (Wildman–Crippen MR) is 93.7 cm³/mol. The molecule has 25 heavy (non-hydrogen) atoms. The van der Waals surface area contributed by atoms with Gasteiger partial charge in [0.25, 0.3) is 15.9 Å². The third-order valence-corrected chi connectivity index (χ3v) is 5.86. The van der Waals surface area contributed by atoms with Crippen LogP contribution >= 0.6 is 11.3 Å². The molecule has 0 saturated carbocycles. The Hall–Kier alpha value is -2.70. The van der Waals surface area contributed by atoms with Gasteiger partial charge in [-0.25, -0.2) is 8.42 Å². The Balaban J connectivity index is 1.88. The van der Waals surface area contributed by atoms with Crippen LogP contribution in [0.4, 0.5) is 5.69 Å². The minimum Gasteiger partial charge on any atom is -0.420 e. The summed E-state index contributed by atoms with van der Waals surface area (Å²) in [4.78, 5) is 1.57. The predicted octanol–water partition coefficient (Wildman–Crippen LogP) is 3.34. The summed E-state index contributed by atoms with van der Waals surface area (Å²) in [5, 5.41) is 16.7. The number of thiophene rings is 1. The van der Waals surface area contributed by atoms with Gasteiger partial charge >= 0.3 is 0 Å². The van der Waals surface area contributed by atoms with Crippen molar-refractivity contribution >= 4 is 27.0 Å². The van der Waals surface area contributed by atoms with Crippen molar-refractivity contribution in [1.82, 2.24) is 10.2 Å². The fourth-order valence-corrected chi connectivity index (χ4v) is 4.17. The summed E-state index contributed by atoms with van der Waals surface area (Å²) in [5.74, 6) is 0.898. The molecule has 7 nitrogen and oxygen atoms in total. The van der Waals surface area contributed by atoms with Crippen LogP contribution in [0.15, 0.2) is 39.6 Å². The Morgan fingerprint density at radius 2 is 2.00 bits per heavy atom. The molecule has 0 aliphatic carbocycles. The lowest BCUT2D eigenvalue weighted by Crippen LogP contribution is -2.12. The summed E-state index contributed by atoms with van der Waals surface area (Å²) in [6.45, 7) is 3.72. The first-order valence-electron chi connectivity index (χ1n) is 7.39. The van der Waals surface area contributed by atoms with E-state index in [0.717, 1.165) is 4.88 Å². The van der Waals surface area contributed by atoms with Crippen molar-refractivity contribution in [2.45, 2.75) is 25.2 Å². The van der Waals surface area contributed by atoms with Crippen molar-refractivity contribution in [3.63, 3.8) is 0 Å². The summed E-state index contributed by atoms with van der Waals surface area (Å²) < 4.78 is 33.1. The molecule has 0 amide bonds. The number of hydrogen-bond acceptors (Lipinski definition) is 7. The van der Waals surface area contributed by atoms with Crippen molar-refractivity contribution in [2.75, 3.05) is 4.72 Å². The molecule has 0 aliphatic heterocycles. The van der Waals surface area contributed by atoms with Gasteiger partial charge in [0.2, 0.25) is 5.89 Å². The van der Waals surface area contributed by atoms with Gasteiger partial charge in [-0.05, 0) is 37.3 Å². The van der Waals surface area contributed by atoms with Crippen molar-refractivity contribution in [3.8, 4) is 16.8 Å². The summed E-state index contributed by atoms with van der Waals surface area (Å²) in [7, 11) is -3.75. The molecule has 3 rings (SSSR count). The lowest BCUT2D eigenvalue weighted by molar-refractivity contribution is 0.514. The molecule has 2 heterocycles. The number of rotatable bonds is 5. The molecule has 1 aromatic carbocycles. The maximum absolute atomic E-state index is 12.5. The number of aromatic nitrogens is 2. The normalized spacial score (nSPS) is 11.2. The van der Waals surface area contributed by atoms with Crippen LogP contribution in [-0.4, -0.2) is 18.6 Å². The second-order valence-electron chi connectivity index (χ2n) is 5.18. The molecule has 0 saturated heterocycles. The fraction of sp³-hybridized carbons (Fsp3) is 0.188. The second kappa shape index (κ2) is 6.66. The van der Waals surface area contributed by atoms with Crippen LogP contribution < -0.4 is 4.72 Å². The topological polar surface area (TPSA) is 109 Å². The minimum atomic E-state index is -3.75. The van der Waals surface area contributed by atoms with Gasteiger partial charge in [0.1, 0.15) is 0 Å². The molecule has 0 spiro atoms. The van der Waals surface area contributed by atoms with Gasteiger partial charge in [-0.1, -0.05) is 6.92 Å². The Bertz CT molecular complexity index is 1040. The summed E-state index contributed by atoms with van der Waals surface area (Å²) in [6, 6.07) is 9.35. The number of sulfonamides is 1. The SMILES string of the molecule is CCc1nnc(-c2cc(NS(=O)(=O)c3ccc(C#N)cc3)c(C)s2)o1. The van der Waals surface area contributed by atoms with Crippen LogP contribution in [0.2, 0.25) is 0 Å². The highest BCUT2D eigenvalue weighted by molar-refractivity contribution is 7.92. The van der Waals surface area contributed by atoms with Crippen LogP contribution in [-0.2, 0) is 16.4 Å². The Morgan fingerprint density at radius 1 is 1.28 bits per heavy atom. The zero-order valence-corrected chi connectivity index (χ0v) is 15.1. The van der Waals surface area contributed by atoms with E-state index in [2.05, 4.69) is 14.9 Å². The van der Waals surface area contributed by atoms with Crippen LogP contribution in [0.1, 0.15) is 23.3 Å². The lowest BCUT2D eigenvalue weighted by Gasteiger charge is -2.07. The first-order chi connectivity index (χ1) is 11.9. The maximum Gasteiger partial charge on any atom is 0.261 e. The maximum atomic E-state index is 12.5. The number of nitrogens with zero attached hydrogens (tertiary/aromatic N) is 3. The van der Waals surface area contributed by atoms with Crippen LogP contribution in [0, 0.1) is 18.3 Å². The van der Waals surface area contributed by atoms with Gasteiger partial charge in [-0.15, -0.1) is 21.5 Å². The van der Waals surface area contributed by atoms with E-state index in [1.54, 1.807) is 6.07 Å². The quantitative estimate of drug-likeness (QED) is 0.733. The number of anilines is 1. The molecule has 128 valence electrons. The summed E-state index contributed by atoms with van der Waals surface area (Å²) >= 11 is 1.37. The highest BCUT2D eigenvalue weighted by Gasteiger charge is 2.19. The van der Waals surface area contributed by atoms with Crippen molar-refractivity contribution in [2.24, 2.45) is 0 Å². The molecular formula is C16H14N4O3S2. The van der Waals surface area contributed by atoms with Gasteiger partial charge in [-0.3, -0.25) is 4.72 Å². The molecular weight excluding hydrogens is 360 g/mol. The number of benzene rings is 1. The van der Waals surface area contributed by atoms with E-state index < -0.39 is 10.0 Å². The summed E-state index contributed by atoms with van der Waals surface area (Å²) in [5.41, 5.74) is 0.858. The molecule has 0 aliphatic rings. The van der Waals surface area contributed by atoms with Gasteiger partial charge in [0, 0.05) is 11.3 Å². The van der Waals surface area contributed by atoms with E-state index in [1.165, 1.54) is 35.6 Å². The molecule has 0 atom stereocenters. The first kappa shape index (κ1) is 17.1. The lowest BCUT2D eigenvalue weighted by atomic mass is 10.2. The highest BCUT2D eigenvalue weighted by atomic mass is 32.2. The molecule has 0 bridgehead atoms. The van der Waals surface area contributed by atoms with E-state index in [-0.39, 0.29) is 4.90 Å². The molecule has 9 heteroatoms. The molecule has 0 radical (unpaired) electrons. The van der Waals surface area contributed by atoms with E-state index in [0.29, 0.717) is 34.3 Å². The molecule has 1 N–H and O–H groups in total. The number of aryl methyl sites for hydroxylation is 2. The van der Waals surface area contributed by atoms with Gasteiger partial charge < -0.3 is 4.42 Å². The standard InChI is InChI=1S/C16H14N4O3S2/c1-3-15-18-19-16(23-15)14-8-13(10(2)24-14)20-25(21,22)12-6-4-11(9-17)5-7-12/h4-8,20H,3H2,1-2H3. The van der Waals surface area contributed by atoms with E-state index in [4.69, 9.17) is 9.68 Å². The third kappa shape index (κ3) is 3.55. The highest BCUT2D eigenvalue weighted by Crippen LogP contribution is 2.34. The average Bonchev–Trinajstić information content (AvgIpc) is 3.22. The summed E-state index contributed by atoms with van der Waals surface area (Å²) in [6.07, 6.45) is 0.634. The van der Waals surface area contributed by atoms with Gasteiger partial charge in [0.05, 0.1) is 27.1 Å². The number of hydrogen-bond donors (Lipinski definition) is 1. The Kier molecular flexibility index (Phi) is 4.57. The van der Waals surface area contributed by atoms with E-state index >= 15 is 0 Å². The van der Waals surface area contributed by atoms with Crippen molar-refractivity contribution < 1.29 is 12.8 Å². The minimum absolute atomic E-state index is 0.0877.